The molecule has 0 aliphatic carbocycles. The van der Waals surface area contributed by atoms with Crippen molar-refractivity contribution >= 4 is 0 Å². The predicted molar refractivity (Wildman–Crippen MR) is 81.0 cm³/mol. The number of rotatable bonds is 8. The maximum Gasteiger partial charge on any atom is 0.00418 e. The Bertz CT molecular complexity index is 213. The number of hydrogen-bond acceptors (Lipinski definition) is 2. The quantitative estimate of drug-likeness (QED) is 0.647. The Balaban J connectivity index is 2.11. The van der Waals surface area contributed by atoms with Crippen LogP contribution in [0.15, 0.2) is 0 Å². The van der Waals surface area contributed by atoms with Crippen molar-refractivity contribution in [3.8, 4) is 0 Å². The Kier molecular flexibility index (Phi) is 7.25. The Labute approximate surface area is 114 Å². The van der Waals surface area contributed by atoms with E-state index in [-0.39, 0.29) is 0 Å². The van der Waals surface area contributed by atoms with E-state index in [1.165, 1.54) is 58.2 Å². The van der Waals surface area contributed by atoms with E-state index in [1.807, 2.05) is 0 Å². The van der Waals surface area contributed by atoms with E-state index in [0.29, 0.717) is 11.5 Å². The molecule has 1 fully saturated rings. The second-order valence-electron chi connectivity index (χ2n) is 7.00. The summed E-state index contributed by atoms with van der Waals surface area (Å²) in [6.07, 6.45) is 8.13. The van der Waals surface area contributed by atoms with Crippen LogP contribution in [0.4, 0.5) is 0 Å². The van der Waals surface area contributed by atoms with Crippen LogP contribution in [0.5, 0.6) is 0 Å². The van der Waals surface area contributed by atoms with Gasteiger partial charge in [0.25, 0.3) is 0 Å². The molecule has 2 atom stereocenters. The van der Waals surface area contributed by atoms with Crippen LogP contribution in [0.3, 0.4) is 0 Å². The number of unbranched alkanes of at least 4 members (excludes halogenated alkanes) is 2. The molecule has 0 radical (unpaired) electrons. The summed E-state index contributed by atoms with van der Waals surface area (Å²) in [5.74, 6) is 0.882. The smallest absolute Gasteiger partial charge is 0.00418 e. The van der Waals surface area contributed by atoms with Gasteiger partial charge in [-0.1, -0.05) is 40.0 Å². The van der Waals surface area contributed by atoms with Crippen LogP contribution in [0.1, 0.15) is 66.2 Å². The molecule has 2 N–H and O–H groups in total. The Hall–Kier alpha value is -0.0800. The highest BCUT2D eigenvalue weighted by Gasteiger charge is 2.20. The lowest BCUT2D eigenvalue weighted by Crippen LogP contribution is -2.41. The summed E-state index contributed by atoms with van der Waals surface area (Å²) in [5, 5.41) is 7.24. The van der Waals surface area contributed by atoms with E-state index in [9.17, 15) is 0 Å². The maximum atomic E-state index is 3.72. The molecule has 0 saturated carbocycles. The summed E-state index contributed by atoms with van der Waals surface area (Å²) in [6.45, 7) is 13.0. The Morgan fingerprint density at radius 1 is 1.28 bits per heavy atom. The summed E-state index contributed by atoms with van der Waals surface area (Å²) in [6, 6.07) is 0.711. The van der Waals surface area contributed by atoms with Crippen molar-refractivity contribution in [3.63, 3.8) is 0 Å². The van der Waals surface area contributed by atoms with Crippen molar-refractivity contribution < 1.29 is 0 Å². The summed E-state index contributed by atoms with van der Waals surface area (Å²) in [5.41, 5.74) is 0.466. The minimum atomic E-state index is 0.466. The molecule has 1 aliphatic heterocycles. The van der Waals surface area contributed by atoms with E-state index >= 15 is 0 Å². The zero-order valence-corrected chi connectivity index (χ0v) is 13.0. The average molecular weight is 254 g/mol. The molecule has 0 bridgehead atoms. The van der Waals surface area contributed by atoms with E-state index < -0.39 is 0 Å². The third-order valence-corrected chi connectivity index (χ3v) is 4.23. The lowest BCUT2D eigenvalue weighted by atomic mass is 9.86. The van der Waals surface area contributed by atoms with Crippen molar-refractivity contribution in [2.75, 3.05) is 19.6 Å². The fraction of sp³-hybridized carbons (Fsp3) is 1.00. The summed E-state index contributed by atoms with van der Waals surface area (Å²) >= 11 is 0. The molecule has 0 amide bonds. The number of piperidine rings is 1. The van der Waals surface area contributed by atoms with Crippen molar-refractivity contribution in [3.05, 3.63) is 0 Å². The summed E-state index contributed by atoms with van der Waals surface area (Å²) < 4.78 is 0. The second kappa shape index (κ2) is 8.16. The predicted octanol–water partition coefficient (Wildman–Crippen LogP) is 3.57. The highest BCUT2D eigenvalue weighted by atomic mass is 14.9. The number of nitrogens with one attached hydrogen (secondary N) is 2. The molecule has 0 aromatic rings. The first-order valence-corrected chi connectivity index (χ1v) is 7.97. The highest BCUT2D eigenvalue weighted by Crippen LogP contribution is 2.23. The van der Waals surface area contributed by atoms with Gasteiger partial charge in [-0.25, -0.2) is 0 Å². The van der Waals surface area contributed by atoms with Gasteiger partial charge in [0.15, 0.2) is 0 Å². The fourth-order valence-electron chi connectivity index (χ4n) is 2.98. The molecular weight excluding hydrogens is 220 g/mol. The molecule has 108 valence electrons. The zero-order chi connectivity index (χ0) is 13.4. The lowest BCUT2D eigenvalue weighted by Gasteiger charge is -2.30. The second-order valence-corrected chi connectivity index (χ2v) is 7.00. The molecule has 2 heteroatoms. The molecule has 0 aromatic carbocycles. The zero-order valence-electron chi connectivity index (χ0n) is 13.0. The Morgan fingerprint density at radius 3 is 2.72 bits per heavy atom. The molecule has 0 aromatic heterocycles. The monoisotopic (exact) mass is 254 g/mol. The molecule has 2 nitrogen and oxygen atoms in total. The largest absolute Gasteiger partial charge is 0.316 e. The van der Waals surface area contributed by atoms with Crippen molar-refractivity contribution in [2.24, 2.45) is 11.3 Å². The van der Waals surface area contributed by atoms with E-state index in [2.05, 4.69) is 38.3 Å². The van der Waals surface area contributed by atoms with Crippen LogP contribution < -0.4 is 10.6 Å². The molecule has 18 heavy (non-hydrogen) atoms. The van der Waals surface area contributed by atoms with Gasteiger partial charge < -0.3 is 10.6 Å². The summed E-state index contributed by atoms with van der Waals surface area (Å²) in [4.78, 5) is 0. The molecule has 2 unspecified atom stereocenters. The van der Waals surface area contributed by atoms with Gasteiger partial charge in [-0.15, -0.1) is 0 Å². The first-order valence-electron chi connectivity index (χ1n) is 7.97. The number of hydrogen-bond donors (Lipinski definition) is 2. The van der Waals surface area contributed by atoms with Gasteiger partial charge in [0, 0.05) is 12.6 Å². The highest BCUT2D eigenvalue weighted by molar-refractivity contribution is 4.78. The van der Waals surface area contributed by atoms with Crippen LogP contribution >= 0.6 is 0 Å². The van der Waals surface area contributed by atoms with Gasteiger partial charge in [-0.05, 0) is 50.6 Å². The van der Waals surface area contributed by atoms with Crippen LogP contribution in [-0.2, 0) is 0 Å². The molecule has 1 saturated heterocycles. The van der Waals surface area contributed by atoms with E-state index in [1.54, 1.807) is 0 Å². The molecule has 1 rings (SSSR count). The minimum absolute atomic E-state index is 0.466. The van der Waals surface area contributed by atoms with Gasteiger partial charge in [0.05, 0.1) is 0 Å². The van der Waals surface area contributed by atoms with Crippen LogP contribution in [-0.4, -0.2) is 25.7 Å². The van der Waals surface area contributed by atoms with E-state index in [0.717, 1.165) is 5.92 Å². The standard InChI is InChI=1S/C16H34N2/c1-5-6-7-9-16(3,4)13-17-12-15-8-10-18-14(2)11-15/h14-15,17-18H,5-13H2,1-4H3. The lowest BCUT2D eigenvalue weighted by molar-refractivity contribution is 0.265. The Morgan fingerprint density at radius 2 is 2.06 bits per heavy atom. The van der Waals surface area contributed by atoms with E-state index in [4.69, 9.17) is 0 Å². The van der Waals surface area contributed by atoms with Gasteiger partial charge in [0.1, 0.15) is 0 Å². The molecule has 1 heterocycles. The SMILES string of the molecule is CCCCCC(C)(C)CNCC1CCNC(C)C1. The topological polar surface area (TPSA) is 24.1 Å². The third kappa shape index (κ3) is 6.75. The maximum absolute atomic E-state index is 3.72. The van der Waals surface area contributed by atoms with Crippen LogP contribution in [0.2, 0.25) is 0 Å². The van der Waals surface area contributed by atoms with Crippen molar-refractivity contribution in [1.29, 1.82) is 0 Å². The average Bonchev–Trinajstić information content (AvgIpc) is 2.29. The van der Waals surface area contributed by atoms with Crippen LogP contribution in [0, 0.1) is 11.3 Å². The first kappa shape index (κ1) is 16.0. The van der Waals surface area contributed by atoms with Gasteiger partial charge >= 0.3 is 0 Å². The molecule has 0 spiro atoms. The van der Waals surface area contributed by atoms with Gasteiger partial charge in [0.2, 0.25) is 0 Å². The van der Waals surface area contributed by atoms with Gasteiger partial charge in [-0.2, -0.15) is 0 Å². The fourth-order valence-corrected chi connectivity index (χ4v) is 2.98. The normalized spacial score (nSPS) is 25.3. The van der Waals surface area contributed by atoms with Crippen molar-refractivity contribution in [2.45, 2.75) is 72.3 Å². The van der Waals surface area contributed by atoms with Crippen molar-refractivity contribution in [1.82, 2.24) is 10.6 Å². The summed E-state index contributed by atoms with van der Waals surface area (Å²) in [7, 11) is 0. The minimum Gasteiger partial charge on any atom is -0.316 e. The first-order chi connectivity index (χ1) is 8.53. The van der Waals surface area contributed by atoms with Gasteiger partial charge in [-0.3, -0.25) is 0 Å². The molecular formula is C16H34N2. The third-order valence-electron chi connectivity index (χ3n) is 4.23. The van der Waals surface area contributed by atoms with Crippen LogP contribution in [0.25, 0.3) is 0 Å². The molecule has 1 aliphatic rings.